The summed E-state index contributed by atoms with van der Waals surface area (Å²) in [7, 11) is 2.18. The summed E-state index contributed by atoms with van der Waals surface area (Å²) in [5.74, 6) is 1.14. The smallest absolute Gasteiger partial charge is 0.0423 e. The van der Waals surface area contributed by atoms with Gasteiger partial charge in [-0.05, 0) is 30.9 Å². The predicted molar refractivity (Wildman–Crippen MR) is 92.4 cm³/mol. The fraction of sp³-hybridized carbons (Fsp3) is 0.600. The monoisotopic (exact) mass is 344 g/mol. The molecule has 1 aromatic rings. The van der Waals surface area contributed by atoms with Gasteiger partial charge in [-0.25, -0.2) is 0 Å². The van der Waals surface area contributed by atoms with Crippen LogP contribution in [-0.4, -0.2) is 31.1 Å². The molecule has 1 N–H and O–H groups in total. The Morgan fingerprint density at radius 2 is 2.00 bits per heavy atom. The van der Waals surface area contributed by atoms with E-state index >= 15 is 0 Å². The molecule has 0 aliphatic carbocycles. The van der Waals surface area contributed by atoms with E-state index in [0.717, 1.165) is 16.8 Å². The van der Waals surface area contributed by atoms with Crippen LogP contribution in [0.4, 0.5) is 5.69 Å². The van der Waals surface area contributed by atoms with Crippen molar-refractivity contribution < 1.29 is 0 Å². The molecule has 4 heteroatoms. The van der Waals surface area contributed by atoms with Gasteiger partial charge in [0.1, 0.15) is 0 Å². The highest BCUT2D eigenvalue weighted by Crippen LogP contribution is 2.26. The molecule has 0 saturated heterocycles. The Labute approximate surface area is 130 Å². The summed E-state index contributed by atoms with van der Waals surface area (Å²) in [5.41, 5.74) is 2.66. The van der Waals surface area contributed by atoms with E-state index in [4.69, 9.17) is 0 Å². The van der Waals surface area contributed by atoms with Crippen molar-refractivity contribution in [2.75, 3.05) is 24.0 Å². The summed E-state index contributed by atoms with van der Waals surface area (Å²) in [5, 5.41) is 3.50. The summed E-state index contributed by atoms with van der Waals surface area (Å²) in [6.45, 7) is 7.55. The van der Waals surface area contributed by atoms with Crippen molar-refractivity contribution in [2.24, 2.45) is 0 Å². The second-order valence-electron chi connectivity index (χ2n) is 5.22. The molecule has 0 heterocycles. The van der Waals surface area contributed by atoms with E-state index in [-0.39, 0.29) is 0 Å². The molecule has 1 unspecified atom stereocenters. The van der Waals surface area contributed by atoms with Gasteiger partial charge in [0, 0.05) is 41.6 Å². The van der Waals surface area contributed by atoms with E-state index in [9.17, 15) is 0 Å². The maximum Gasteiger partial charge on any atom is 0.0423 e. The van der Waals surface area contributed by atoms with Crippen molar-refractivity contribution >= 4 is 33.4 Å². The topological polar surface area (TPSA) is 15.3 Å². The standard InChI is InChI=1S/C15H25BrN2S/c1-11(2)17-9-13-6-7-14(16)8-15(13)18(4)12(3)10-19-5/h6-8,11-12,17H,9-10H2,1-5H3. The highest BCUT2D eigenvalue weighted by molar-refractivity contribution is 9.10. The van der Waals surface area contributed by atoms with Gasteiger partial charge in [-0.15, -0.1) is 0 Å². The SMILES string of the molecule is CSCC(C)N(C)c1cc(Br)ccc1CNC(C)C. The number of hydrogen-bond acceptors (Lipinski definition) is 3. The van der Waals surface area contributed by atoms with Crippen molar-refractivity contribution in [3.8, 4) is 0 Å². The summed E-state index contributed by atoms with van der Waals surface area (Å²) in [4.78, 5) is 2.37. The summed E-state index contributed by atoms with van der Waals surface area (Å²) >= 11 is 5.47. The highest BCUT2D eigenvalue weighted by atomic mass is 79.9. The molecule has 0 amide bonds. The molecular formula is C15H25BrN2S. The number of rotatable bonds is 7. The average molecular weight is 345 g/mol. The average Bonchev–Trinajstić information content (AvgIpc) is 2.36. The quantitative estimate of drug-likeness (QED) is 0.800. The maximum atomic E-state index is 3.58. The number of nitrogens with one attached hydrogen (secondary N) is 1. The van der Waals surface area contributed by atoms with Crippen molar-refractivity contribution in [3.63, 3.8) is 0 Å². The van der Waals surface area contributed by atoms with Crippen LogP contribution < -0.4 is 10.2 Å². The van der Waals surface area contributed by atoms with Gasteiger partial charge in [0.2, 0.25) is 0 Å². The van der Waals surface area contributed by atoms with Crippen LogP contribution in [0.3, 0.4) is 0 Å². The summed E-state index contributed by atoms with van der Waals surface area (Å²) < 4.78 is 1.14. The van der Waals surface area contributed by atoms with E-state index in [1.165, 1.54) is 11.3 Å². The zero-order chi connectivity index (χ0) is 14.4. The molecule has 0 fully saturated rings. The van der Waals surface area contributed by atoms with Crippen molar-refractivity contribution in [1.29, 1.82) is 0 Å². The molecule has 108 valence electrons. The molecular weight excluding hydrogens is 320 g/mol. The zero-order valence-electron chi connectivity index (χ0n) is 12.5. The first-order chi connectivity index (χ1) is 8.95. The Bertz CT molecular complexity index is 396. The van der Waals surface area contributed by atoms with Crippen LogP contribution in [0.25, 0.3) is 0 Å². The third-order valence-electron chi connectivity index (χ3n) is 3.20. The normalized spacial score (nSPS) is 12.8. The molecule has 0 aliphatic rings. The number of anilines is 1. The van der Waals surface area contributed by atoms with Gasteiger partial charge in [-0.2, -0.15) is 11.8 Å². The number of halogens is 1. The molecule has 19 heavy (non-hydrogen) atoms. The van der Waals surface area contributed by atoms with Gasteiger partial charge in [-0.1, -0.05) is 35.8 Å². The van der Waals surface area contributed by atoms with Gasteiger partial charge in [0.25, 0.3) is 0 Å². The van der Waals surface area contributed by atoms with Crippen LogP contribution in [0, 0.1) is 0 Å². The molecule has 1 rings (SSSR count). The minimum atomic E-state index is 0.505. The van der Waals surface area contributed by atoms with Gasteiger partial charge < -0.3 is 10.2 Å². The number of thioether (sulfide) groups is 1. The van der Waals surface area contributed by atoms with Crippen LogP contribution in [0.2, 0.25) is 0 Å². The third kappa shape index (κ3) is 5.36. The highest BCUT2D eigenvalue weighted by Gasteiger charge is 2.13. The van der Waals surface area contributed by atoms with Gasteiger partial charge in [0.05, 0.1) is 0 Å². The number of hydrogen-bond donors (Lipinski definition) is 1. The predicted octanol–water partition coefficient (Wildman–Crippen LogP) is 4.13. The molecule has 1 aromatic carbocycles. The summed E-state index contributed by atoms with van der Waals surface area (Å²) in [6.07, 6.45) is 2.16. The van der Waals surface area contributed by atoms with E-state index in [1.807, 2.05) is 11.8 Å². The minimum absolute atomic E-state index is 0.505. The number of nitrogens with zero attached hydrogens (tertiary/aromatic N) is 1. The zero-order valence-corrected chi connectivity index (χ0v) is 14.9. The van der Waals surface area contributed by atoms with E-state index < -0.39 is 0 Å². The second kappa shape index (κ2) is 8.18. The van der Waals surface area contributed by atoms with Crippen molar-refractivity contribution in [3.05, 3.63) is 28.2 Å². The first-order valence-corrected chi connectivity index (χ1v) is 8.88. The second-order valence-corrected chi connectivity index (χ2v) is 7.05. The van der Waals surface area contributed by atoms with Crippen LogP contribution >= 0.6 is 27.7 Å². The van der Waals surface area contributed by atoms with E-state index in [2.05, 4.69) is 78.4 Å². The number of benzene rings is 1. The fourth-order valence-electron chi connectivity index (χ4n) is 1.92. The summed E-state index contributed by atoms with van der Waals surface area (Å²) in [6, 6.07) is 7.58. The molecule has 0 radical (unpaired) electrons. The van der Waals surface area contributed by atoms with E-state index in [1.54, 1.807) is 0 Å². The molecule has 0 bridgehead atoms. The molecule has 1 atom stereocenters. The Hall–Kier alpha value is -0.190. The largest absolute Gasteiger partial charge is 0.371 e. The molecule has 0 spiro atoms. The Kier molecular flexibility index (Phi) is 7.26. The fourth-order valence-corrected chi connectivity index (χ4v) is 2.97. The van der Waals surface area contributed by atoms with Crippen molar-refractivity contribution in [2.45, 2.75) is 39.4 Å². The van der Waals surface area contributed by atoms with Crippen molar-refractivity contribution in [1.82, 2.24) is 5.32 Å². The maximum absolute atomic E-state index is 3.58. The lowest BCUT2D eigenvalue weighted by Crippen LogP contribution is -2.32. The van der Waals surface area contributed by atoms with Gasteiger partial charge in [-0.3, -0.25) is 0 Å². The van der Waals surface area contributed by atoms with Crippen LogP contribution in [-0.2, 0) is 6.54 Å². The molecule has 0 saturated carbocycles. The minimum Gasteiger partial charge on any atom is -0.371 e. The molecule has 2 nitrogen and oxygen atoms in total. The Morgan fingerprint density at radius 1 is 1.32 bits per heavy atom. The van der Waals surface area contributed by atoms with Crippen LogP contribution in [0.15, 0.2) is 22.7 Å². The van der Waals surface area contributed by atoms with Gasteiger partial charge >= 0.3 is 0 Å². The molecule has 0 aromatic heterocycles. The van der Waals surface area contributed by atoms with Crippen LogP contribution in [0.5, 0.6) is 0 Å². The van der Waals surface area contributed by atoms with Gasteiger partial charge in [0.15, 0.2) is 0 Å². The first kappa shape index (κ1) is 16.9. The molecule has 0 aliphatic heterocycles. The van der Waals surface area contributed by atoms with E-state index in [0.29, 0.717) is 12.1 Å². The lowest BCUT2D eigenvalue weighted by molar-refractivity contribution is 0.587. The first-order valence-electron chi connectivity index (χ1n) is 6.69. The third-order valence-corrected chi connectivity index (χ3v) is 4.51. The Morgan fingerprint density at radius 3 is 2.58 bits per heavy atom. The van der Waals surface area contributed by atoms with Crippen LogP contribution in [0.1, 0.15) is 26.3 Å². The lowest BCUT2D eigenvalue weighted by atomic mass is 10.1. The Balaban J connectivity index is 2.92. The lowest BCUT2D eigenvalue weighted by Gasteiger charge is -2.29.